The summed E-state index contributed by atoms with van der Waals surface area (Å²) in [5.74, 6) is 2.06. The number of fused-ring (bicyclic) bond motifs is 1. The number of morpholine rings is 1. The molecule has 4 aromatic rings. The van der Waals surface area contributed by atoms with Crippen LogP contribution in [0.1, 0.15) is 5.82 Å². The predicted octanol–water partition coefficient (Wildman–Crippen LogP) is 2.96. The zero-order chi connectivity index (χ0) is 19.5. The number of nitrogens with zero attached hydrogens (tertiary/aromatic N) is 3. The van der Waals surface area contributed by atoms with Crippen molar-refractivity contribution in [1.29, 1.82) is 0 Å². The predicted molar refractivity (Wildman–Crippen MR) is 112 cm³/mol. The third-order valence-corrected chi connectivity index (χ3v) is 5.86. The molecule has 1 aliphatic rings. The van der Waals surface area contributed by atoms with Gasteiger partial charge in [-0.25, -0.2) is 4.98 Å². The van der Waals surface area contributed by atoms with E-state index in [1.807, 2.05) is 30.3 Å². The molecular formula is C22H21N4O2S+. The van der Waals surface area contributed by atoms with E-state index in [0.717, 1.165) is 60.0 Å². The van der Waals surface area contributed by atoms with E-state index in [4.69, 9.17) is 19.4 Å². The van der Waals surface area contributed by atoms with Gasteiger partial charge in [0.15, 0.2) is 5.82 Å². The van der Waals surface area contributed by atoms with Crippen molar-refractivity contribution in [1.82, 2.24) is 15.0 Å². The van der Waals surface area contributed by atoms with Crippen LogP contribution in [0.3, 0.4) is 0 Å². The highest BCUT2D eigenvalue weighted by Gasteiger charge is 2.21. The summed E-state index contributed by atoms with van der Waals surface area (Å²) in [5, 5.41) is 3.08. The molecule has 0 unspecified atom stereocenters. The highest BCUT2D eigenvalue weighted by Crippen LogP contribution is 2.39. The van der Waals surface area contributed by atoms with Gasteiger partial charge in [0.2, 0.25) is 5.88 Å². The lowest BCUT2D eigenvalue weighted by atomic mass is 10.1. The largest absolute Gasteiger partial charge is 0.437 e. The smallest absolute Gasteiger partial charge is 0.232 e. The fraction of sp³-hybridized carbons (Fsp3) is 0.227. The maximum Gasteiger partial charge on any atom is 0.232 e. The summed E-state index contributed by atoms with van der Waals surface area (Å²) in [6.45, 7) is 4.28. The van der Waals surface area contributed by atoms with Gasteiger partial charge in [-0.05, 0) is 17.7 Å². The normalized spacial score (nSPS) is 14.9. The molecule has 1 aromatic carbocycles. The number of nitrogens with one attached hydrogen (secondary N) is 1. The topological polar surface area (TPSA) is 61.6 Å². The lowest BCUT2D eigenvalue weighted by Gasteiger charge is -2.23. The zero-order valence-corrected chi connectivity index (χ0v) is 16.7. The van der Waals surface area contributed by atoms with Crippen LogP contribution in [-0.4, -0.2) is 41.3 Å². The first-order chi connectivity index (χ1) is 14.4. The Bertz CT molecular complexity index is 1100. The molecule has 7 heteroatoms. The Kier molecular flexibility index (Phi) is 5.17. The maximum atomic E-state index is 6.20. The van der Waals surface area contributed by atoms with E-state index in [1.165, 1.54) is 4.90 Å². The summed E-state index contributed by atoms with van der Waals surface area (Å²) in [6.07, 6.45) is 3.44. The molecule has 0 atom stereocenters. The van der Waals surface area contributed by atoms with Crippen LogP contribution in [0, 0.1) is 0 Å². The number of pyridine rings is 1. The molecule has 1 aliphatic heterocycles. The van der Waals surface area contributed by atoms with Crippen molar-refractivity contribution in [3.63, 3.8) is 0 Å². The Labute approximate surface area is 172 Å². The lowest BCUT2D eigenvalue weighted by molar-refractivity contribution is -0.922. The van der Waals surface area contributed by atoms with Crippen LogP contribution >= 0.6 is 11.3 Å². The van der Waals surface area contributed by atoms with Crippen molar-refractivity contribution >= 4 is 21.6 Å². The van der Waals surface area contributed by atoms with E-state index in [-0.39, 0.29) is 0 Å². The van der Waals surface area contributed by atoms with Gasteiger partial charge in [0.1, 0.15) is 30.2 Å². The molecule has 0 aliphatic carbocycles. The second-order valence-corrected chi connectivity index (χ2v) is 7.83. The molecule has 6 nitrogen and oxygen atoms in total. The molecule has 29 heavy (non-hydrogen) atoms. The van der Waals surface area contributed by atoms with Gasteiger partial charge in [0, 0.05) is 17.1 Å². The van der Waals surface area contributed by atoms with Gasteiger partial charge in [-0.2, -0.15) is 4.98 Å². The van der Waals surface area contributed by atoms with E-state index >= 15 is 0 Å². The first kappa shape index (κ1) is 18.2. The van der Waals surface area contributed by atoms with Crippen LogP contribution in [0.15, 0.2) is 60.2 Å². The Morgan fingerprint density at radius 3 is 2.69 bits per heavy atom. The standard InChI is InChI=1S/C22H20N4O2S/c1-2-5-16(6-3-1)18-15-29-22-20(18)21(28-17-7-4-8-23-13-17)24-19(25-22)14-26-9-11-27-12-10-26/h1-8,13,15H,9-12,14H2/p+1. The number of aromatic nitrogens is 3. The van der Waals surface area contributed by atoms with Crippen LogP contribution in [0.4, 0.5) is 0 Å². The number of quaternary nitrogens is 1. The van der Waals surface area contributed by atoms with Crippen molar-refractivity contribution < 1.29 is 14.4 Å². The van der Waals surface area contributed by atoms with E-state index in [2.05, 4.69) is 22.5 Å². The molecule has 4 heterocycles. The summed E-state index contributed by atoms with van der Waals surface area (Å²) in [4.78, 5) is 16.2. The minimum atomic E-state index is 0.589. The molecule has 0 saturated carbocycles. The third-order valence-electron chi connectivity index (χ3n) is 4.99. The average Bonchev–Trinajstić information content (AvgIpc) is 3.20. The van der Waals surface area contributed by atoms with Gasteiger partial charge in [0.25, 0.3) is 0 Å². The highest BCUT2D eigenvalue weighted by atomic mass is 32.1. The van der Waals surface area contributed by atoms with Crippen LogP contribution in [0.5, 0.6) is 11.6 Å². The molecule has 1 fully saturated rings. The Balaban J connectivity index is 1.58. The number of benzene rings is 1. The van der Waals surface area contributed by atoms with E-state index in [1.54, 1.807) is 23.7 Å². The molecule has 0 radical (unpaired) electrons. The number of hydrogen-bond donors (Lipinski definition) is 1. The fourth-order valence-electron chi connectivity index (χ4n) is 3.51. The van der Waals surface area contributed by atoms with Gasteiger partial charge in [0.05, 0.1) is 24.8 Å². The summed E-state index contributed by atoms with van der Waals surface area (Å²) < 4.78 is 11.7. The number of hydrogen-bond acceptors (Lipinski definition) is 6. The van der Waals surface area contributed by atoms with E-state index < -0.39 is 0 Å². The monoisotopic (exact) mass is 405 g/mol. The molecule has 0 spiro atoms. The van der Waals surface area contributed by atoms with Gasteiger partial charge in [-0.3, -0.25) is 4.98 Å². The van der Waals surface area contributed by atoms with Gasteiger partial charge in [-0.15, -0.1) is 11.3 Å². The van der Waals surface area contributed by atoms with Crippen molar-refractivity contribution in [2.45, 2.75) is 6.54 Å². The first-order valence-corrected chi connectivity index (χ1v) is 10.6. The molecule has 1 N–H and O–H groups in total. The van der Waals surface area contributed by atoms with Crippen molar-refractivity contribution in [2.24, 2.45) is 0 Å². The first-order valence-electron chi connectivity index (χ1n) is 9.69. The SMILES string of the molecule is c1ccc(-c2csc3nc(C[NH+]4CCOCC4)nc(Oc4cccnc4)c23)cc1. The van der Waals surface area contributed by atoms with Crippen molar-refractivity contribution in [3.05, 3.63) is 66.1 Å². The zero-order valence-electron chi connectivity index (χ0n) is 15.9. The third kappa shape index (κ3) is 3.98. The number of rotatable bonds is 5. The van der Waals surface area contributed by atoms with E-state index in [0.29, 0.717) is 11.6 Å². The molecule has 0 amide bonds. The van der Waals surface area contributed by atoms with Crippen LogP contribution < -0.4 is 9.64 Å². The average molecular weight is 406 g/mol. The van der Waals surface area contributed by atoms with Crippen molar-refractivity contribution in [2.75, 3.05) is 26.3 Å². The minimum Gasteiger partial charge on any atom is -0.437 e. The highest BCUT2D eigenvalue weighted by molar-refractivity contribution is 7.17. The molecule has 5 rings (SSSR count). The molecule has 146 valence electrons. The number of ether oxygens (including phenoxy) is 2. The van der Waals surface area contributed by atoms with Gasteiger partial charge < -0.3 is 14.4 Å². The quantitative estimate of drug-likeness (QED) is 0.553. The summed E-state index contributed by atoms with van der Waals surface area (Å²) in [5.41, 5.74) is 2.22. The fourth-order valence-corrected chi connectivity index (χ4v) is 4.47. The summed E-state index contributed by atoms with van der Waals surface area (Å²) in [7, 11) is 0. The Morgan fingerprint density at radius 1 is 1.03 bits per heavy atom. The molecular weight excluding hydrogens is 384 g/mol. The van der Waals surface area contributed by atoms with Crippen LogP contribution in [-0.2, 0) is 11.3 Å². The minimum absolute atomic E-state index is 0.589. The summed E-state index contributed by atoms with van der Waals surface area (Å²) in [6, 6.07) is 14.0. The second-order valence-electron chi connectivity index (χ2n) is 6.97. The molecule has 1 saturated heterocycles. The number of thiophene rings is 1. The van der Waals surface area contributed by atoms with Crippen LogP contribution in [0.25, 0.3) is 21.3 Å². The van der Waals surface area contributed by atoms with Gasteiger partial charge in [-0.1, -0.05) is 30.3 Å². The maximum absolute atomic E-state index is 6.20. The second kappa shape index (κ2) is 8.24. The lowest BCUT2D eigenvalue weighted by Crippen LogP contribution is -3.12. The summed E-state index contributed by atoms with van der Waals surface area (Å²) >= 11 is 1.63. The molecule has 0 bridgehead atoms. The Hall–Kier alpha value is -2.87. The Morgan fingerprint density at radius 2 is 1.90 bits per heavy atom. The van der Waals surface area contributed by atoms with Crippen LogP contribution in [0.2, 0.25) is 0 Å². The van der Waals surface area contributed by atoms with E-state index in [9.17, 15) is 0 Å². The van der Waals surface area contributed by atoms with Crippen molar-refractivity contribution in [3.8, 4) is 22.8 Å². The van der Waals surface area contributed by atoms with Gasteiger partial charge >= 0.3 is 0 Å². The molecule has 3 aromatic heterocycles.